The minimum atomic E-state index is -0.290. The topological polar surface area (TPSA) is 21.3 Å². The summed E-state index contributed by atoms with van der Waals surface area (Å²) in [6.07, 6.45) is 15.9. The van der Waals surface area contributed by atoms with Gasteiger partial charge in [-0.1, -0.05) is 79.8 Å². The summed E-state index contributed by atoms with van der Waals surface area (Å²) in [4.78, 5) is 0. The lowest BCUT2D eigenvalue weighted by Crippen LogP contribution is -2.61. The molecule has 2 aromatic rings. The van der Waals surface area contributed by atoms with Crippen LogP contribution in [-0.4, -0.2) is 6.04 Å². The second kappa shape index (κ2) is 5.51. The maximum absolute atomic E-state index is 6.40. The Kier molecular flexibility index (Phi) is 3.15. The van der Waals surface area contributed by atoms with Crippen molar-refractivity contribution in [3.05, 3.63) is 107 Å². The summed E-state index contributed by atoms with van der Waals surface area (Å²) in [5.74, 6) is 1.94. The summed E-state index contributed by atoms with van der Waals surface area (Å²) < 4.78 is 6.40. The molecule has 138 valence electrons. The van der Waals surface area contributed by atoms with Gasteiger partial charge in [0.2, 0.25) is 0 Å². The van der Waals surface area contributed by atoms with Gasteiger partial charge in [0, 0.05) is 22.2 Å². The number of para-hydroxylation sites is 2. The van der Waals surface area contributed by atoms with Crippen LogP contribution in [0.15, 0.2) is 96.3 Å². The smallest absolute Gasteiger partial charge is 0.131 e. The molecule has 2 atom stereocenters. The van der Waals surface area contributed by atoms with Crippen molar-refractivity contribution in [3.8, 4) is 11.5 Å². The molecule has 2 aromatic carbocycles. The molecule has 2 aliphatic heterocycles. The summed E-state index contributed by atoms with van der Waals surface area (Å²) in [7, 11) is 0. The Morgan fingerprint density at radius 1 is 0.964 bits per heavy atom. The predicted octanol–water partition coefficient (Wildman–Crippen LogP) is 5.79. The molecule has 0 saturated carbocycles. The fraction of sp³-hybridized carbons (Fsp3) is 0.231. The Morgan fingerprint density at radius 3 is 2.43 bits per heavy atom. The highest BCUT2D eigenvalue weighted by Gasteiger charge is 2.61. The number of benzene rings is 2. The van der Waals surface area contributed by atoms with E-state index in [2.05, 4.69) is 97.2 Å². The van der Waals surface area contributed by atoms with Crippen LogP contribution in [0, 0.1) is 5.41 Å². The van der Waals surface area contributed by atoms with E-state index >= 15 is 0 Å². The van der Waals surface area contributed by atoms with Gasteiger partial charge in [-0.2, -0.15) is 0 Å². The third-order valence-electron chi connectivity index (χ3n) is 7.02. The Hall–Kier alpha value is -3.00. The largest absolute Gasteiger partial charge is 0.457 e. The van der Waals surface area contributed by atoms with Gasteiger partial charge in [-0.25, -0.2) is 0 Å². The molecule has 0 radical (unpaired) electrons. The van der Waals surface area contributed by atoms with E-state index in [0.29, 0.717) is 0 Å². The Balaban J connectivity index is 1.81. The standard InChI is InChI=1S/C26H23NO/c1-25-17-9-8-16-24(25)27-21-13-5-2-10-18(21)26(25)19-11-3-6-14-22(19)28-23-15-7-4-12-20(23)26/h2-4,6-12,14-17,24,27H,5,13H2,1H3. The first kappa shape index (κ1) is 16.0. The van der Waals surface area contributed by atoms with Gasteiger partial charge in [0.15, 0.2) is 0 Å². The third-order valence-corrected chi connectivity index (χ3v) is 7.02. The number of hydrogen-bond acceptors (Lipinski definition) is 2. The highest BCUT2D eigenvalue weighted by Crippen LogP contribution is 2.64. The van der Waals surface area contributed by atoms with Crippen LogP contribution in [-0.2, 0) is 5.41 Å². The van der Waals surface area contributed by atoms with Crippen LogP contribution in [0.2, 0.25) is 0 Å². The zero-order valence-corrected chi connectivity index (χ0v) is 16.0. The molecule has 6 rings (SSSR count). The lowest BCUT2D eigenvalue weighted by atomic mass is 9.48. The van der Waals surface area contributed by atoms with Gasteiger partial charge in [0.25, 0.3) is 0 Å². The van der Waals surface area contributed by atoms with E-state index in [4.69, 9.17) is 4.74 Å². The molecule has 0 amide bonds. The van der Waals surface area contributed by atoms with E-state index in [0.717, 1.165) is 24.3 Å². The fourth-order valence-corrected chi connectivity index (χ4v) is 5.80. The molecule has 1 spiro atoms. The quantitative estimate of drug-likeness (QED) is 0.638. The average Bonchev–Trinajstić information content (AvgIpc) is 2.74. The summed E-state index contributed by atoms with van der Waals surface area (Å²) in [6, 6.07) is 17.4. The van der Waals surface area contributed by atoms with Gasteiger partial charge in [-0.05, 0) is 30.5 Å². The van der Waals surface area contributed by atoms with Crippen molar-refractivity contribution < 1.29 is 4.74 Å². The Morgan fingerprint density at radius 2 is 1.68 bits per heavy atom. The zero-order valence-electron chi connectivity index (χ0n) is 16.0. The summed E-state index contributed by atoms with van der Waals surface area (Å²) in [5, 5.41) is 3.88. The highest BCUT2D eigenvalue weighted by molar-refractivity contribution is 5.69. The maximum Gasteiger partial charge on any atom is 0.131 e. The summed E-state index contributed by atoms with van der Waals surface area (Å²) >= 11 is 0. The second-order valence-electron chi connectivity index (χ2n) is 8.33. The molecular formula is C26H23NO. The molecular weight excluding hydrogens is 342 g/mol. The predicted molar refractivity (Wildman–Crippen MR) is 112 cm³/mol. The number of allylic oxidation sites excluding steroid dienone is 6. The SMILES string of the molecule is CC12C=CC=CC1NC1=C(C=CCC1)C21c2ccccc2Oc2ccccc21. The van der Waals surface area contributed by atoms with Crippen LogP contribution >= 0.6 is 0 Å². The van der Waals surface area contributed by atoms with Crippen molar-refractivity contribution in [2.75, 3.05) is 0 Å². The van der Waals surface area contributed by atoms with E-state index in [1.54, 1.807) is 0 Å². The van der Waals surface area contributed by atoms with Gasteiger partial charge in [0.1, 0.15) is 11.5 Å². The second-order valence-corrected chi connectivity index (χ2v) is 8.33. The van der Waals surface area contributed by atoms with Crippen molar-refractivity contribution in [1.82, 2.24) is 5.32 Å². The van der Waals surface area contributed by atoms with Crippen LogP contribution in [0.5, 0.6) is 11.5 Å². The molecule has 2 nitrogen and oxygen atoms in total. The van der Waals surface area contributed by atoms with Crippen molar-refractivity contribution >= 4 is 0 Å². The fourth-order valence-electron chi connectivity index (χ4n) is 5.80. The van der Waals surface area contributed by atoms with Gasteiger partial charge in [0.05, 0.1) is 11.5 Å². The molecule has 2 unspecified atom stereocenters. The van der Waals surface area contributed by atoms with Crippen LogP contribution in [0.1, 0.15) is 30.9 Å². The molecule has 2 aliphatic carbocycles. The molecule has 2 heteroatoms. The van der Waals surface area contributed by atoms with E-state index < -0.39 is 0 Å². The Bertz CT molecular complexity index is 1060. The van der Waals surface area contributed by atoms with Crippen LogP contribution in [0.3, 0.4) is 0 Å². The maximum atomic E-state index is 6.40. The highest BCUT2D eigenvalue weighted by atomic mass is 16.5. The summed E-state index contributed by atoms with van der Waals surface area (Å²) in [5.41, 5.74) is 4.85. The molecule has 0 saturated heterocycles. The number of rotatable bonds is 0. The van der Waals surface area contributed by atoms with Crippen molar-refractivity contribution in [2.45, 2.75) is 31.2 Å². The minimum Gasteiger partial charge on any atom is -0.457 e. The van der Waals surface area contributed by atoms with Crippen LogP contribution < -0.4 is 10.1 Å². The minimum absolute atomic E-state index is 0.155. The number of nitrogens with one attached hydrogen (secondary N) is 1. The first-order valence-corrected chi connectivity index (χ1v) is 10.1. The normalized spacial score (nSPS) is 28.0. The van der Waals surface area contributed by atoms with Gasteiger partial charge >= 0.3 is 0 Å². The van der Waals surface area contributed by atoms with Crippen molar-refractivity contribution in [2.24, 2.45) is 5.41 Å². The van der Waals surface area contributed by atoms with Gasteiger partial charge < -0.3 is 10.1 Å². The van der Waals surface area contributed by atoms with E-state index in [1.807, 2.05) is 0 Å². The molecule has 1 N–H and O–H groups in total. The van der Waals surface area contributed by atoms with Crippen molar-refractivity contribution in [3.63, 3.8) is 0 Å². The third kappa shape index (κ3) is 1.78. The average molecular weight is 365 g/mol. The van der Waals surface area contributed by atoms with Crippen molar-refractivity contribution in [1.29, 1.82) is 0 Å². The van der Waals surface area contributed by atoms with Gasteiger partial charge in [-0.3, -0.25) is 0 Å². The van der Waals surface area contributed by atoms with E-state index in [-0.39, 0.29) is 16.9 Å². The Labute approximate surface area is 165 Å². The zero-order chi connectivity index (χ0) is 18.8. The monoisotopic (exact) mass is 365 g/mol. The first-order chi connectivity index (χ1) is 13.7. The molecule has 0 fully saturated rings. The van der Waals surface area contributed by atoms with E-state index in [1.165, 1.54) is 22.4 Å². The molecule has 2 heterocycles. The molecule has 4 aliphatic rings. The number of hydrogen-bond donors (Lipinski definition) is 1. The van der Waals surface area contributed by atoms with Crippen LogP contribution in [0.4, 0.5) is 0 Å². The first-order valence-electron chi connectivity index (χ1n) is 10.1. The lowest BCUT2D eigenvalue weighted by molar-refractivity contribution is 0.194. The lowest BCUT2D eigenvalue weighted by Gasteiger charge is -2.59. The van der Waals surface area contributed by atoms with Crippen LogP contribution in [0.25, 0.3) is 0 Å². The molecule has 0 aromatic heterocycles. The summed E-state index contributed by atoms with van der Waals surface area (Å²) in [6.45, 7) is 2.40. The molecule has 0 bridgehead atoms. The number of ether oxygens (including phenoxy) is 1. The molecule has 28 heavy (non-hydrogen) atoms. The van der Waals surface area contributed by atoms with E-state index in [9.17, 15) is 0 Å². The number of fused-ring (bicyclic) bond motifs is 7. The van der Waals surface area contributed by atoms with Gasteiger partial charge in [-0.15, -0.1) is 0 Å².